The minimum absolute atomic E-state index is 0.121. The largest absolute Gasteiger partial charge is 0.444 e. The van der Waals surface area contributed by atoms with E-state index in [2.05, 4.69) is 10.6 Å². The average molecular weight is 473 g/mol. The third-order valence-corrected chi connectivity index (χ3v) is 6.48. The summed E-state index contributed by atoms with van der Waals surface area (Å²) in [6.07, 6.45) is 0.371. The molecule has 3 aliphatic rings. The molecule has 1 aromatic rings. The van der Waals surface area contributed by atoms with Crippen LogP contribution in [0.5, 0.6) is 0 Å². The Morgan fingerprint density at radius 2 is 1.88 bits per heavy atom. The van der Waals surface area contributed by atoms with Gasteiger partial charge in [-0.3, -0.25) is 24.6 Å². The van der Waals surface area contributed by atoms with E-state index in [1.54, 1.807) is 23.1 Å². The summed E-state index contributed by atoms with van der Waals surface area (Å²) < 4.78 is 5.45. The second-order valence-corrected chi connectivity index (χ2v) is 10.1. The van der Waals surface area contributed by atoms with E-state index in [-0.39, 0.29) is 24.8 Å². The van der Waals surface area contributed by atoms with E-state index < -0.39 is 29.7 Å². The summed E-state index contributed by atoms with van der Waals surface area (Å²) in [7, 11) is 0. The Balaban J connectivity index is 1.38. The molecule has 10 heteroatoms. The third-order valence-electron chi connectivity index (χ3n) is 6.48. The highest BCUT2D eigenvalue weighted by Gasteiger charge is 2.45. The van der Waals surface area contributed by atoms with Gasteiger partial charge in [-0.2, -0.15) is 0 Å². The van der Waals surface area contributed by atoms with Crippen LogP contribution in [0.3, 0.4) is 0 Å². The molecule has 2 saturated heterocycles. The van der Waals surface area contributed by atoms with Crippen LogP contribution in [0.15, 0.2) is 18.2 Å². The number of fused-ring (bicyclic) bond motifs is 1. The lowest BCUT2D eigenvalue weighted by molar-refractivity contribution is -0.139. The van der Waals surface area contributed by atoms with Crippen LogP contribution in [0.1, 0.15) is 68.6 Å². The molecular formula is C24H32N4O6. The number of nitrogens with one attached hydrogen (secondary N) is 2. The average Bonchev–Trinajstić information content (AvgIpc) is 3.02. The monoisotopic (exact) mass is 472 g/mol. The Morgan fingerprint density at radius 3 is 2.53 bits per heavy atom. The molecule has 3 N–H and O–H groups in total. The number of aliphatic hydroxyl groups is 1. The van der Waals surface area contributed by atoms with Gasteiger partial charge in [0.25, 0.3) is 5.91 Å². The smallest absolute Gasteiger partial charge is 0.410 e. The fourth-order valence-electron chi connectivity index (χ4n) is 4.72. The normalized spacial score (nSPS) is 23.6. The van der Waals surface area contributed by atoms with Crippen molar-refractivity contribution in [1.82, 2.24) is 15.1 Å². The van der Waals surface area contributed by atoms with Crippen LogP contribution >= 0.6 is 0 Å². The van der Waals surface area contributed by atoms with Gasteiger partial charge in [-0.15, -0.1) is 0 Å². The van der Waals surface area contributed by atoms with Crippen molar-refractivity contribution in [2.24, 2.45) is 5.92 Å². The van der Waals surface area contributed by atoms with Crippen molar-refractivity contribution in [1.29, 1.82) is 0 Å². The van der Waals surface area contributed by atoms with Crippen molar-refractivity contribution >= 4 is 29.5 Å². The maximum atomic E-state index is 13.2. The number of ether oxygens (including phenoxy) is 1. The van der Waals surface area contributed by atoms with Crippen LogP contribution in [0.25, 0.3) is 0 Å². The van der Waals surface area contributed by atoms with Gasteiger partial charge in [-0.25, -0.2) is 4.79 Å². The fraction of sp³-hybridized carbons (Fsp3) is 0.583. The molecule has 2 unspecified atom stereocenters. The predicted octanol–water partition coefficient (Wildman–Crippen LogP) is 2.00. The SMILES string of the molecule is CC(C)(C)OC(=O)N1CCC(CNc2cccc3c2C(=O)N(C2CCC(=O)NC2=O)C3O)CC1. The Kier molecular flexibility index (Phi) is 6.53. The molecule has 2 fully saturated rings. The molecule has 2 atom stereocenters. The minimum Gasteiger partial charge on any atom is -0.444 e. The summed E-state index contributed by atoms with van der Waals surface area (Å²) in [5, 5.41) is 16.4. The number of imide groups is 1. The van der Waals surface area contributed by atoms with E-state index in [9.17, 15) is 24.3 Å². The molecule has 0 spiro atoms. The molecule has 3 aliphatic heterocycles. The Morgan fingerprint density at radius 1 is 1.18 bits per heavy atom. The molecule has 4 amide bonds. The number of rotatable bonds is 4. The number of carbonyl (C=O) groups excluding carboxylic acids is 4. The third kappa shape index (κ3) is 4.86. The molecule has 4 rings (SSSR count). The molecule has 34 heavy (non-hydrogen) atoms. The first-order chi connectivity index (χ1) is 16.0. The van der Waals surface area contributed by atoms with Crippen molar-refractivity contribution in [2.75, 3.05) is 25.0 Å². The Labute approximate surface area is 198 Å². The summed E-state index contributed by atoms with van der Waals surface area (Å²) in [5.41, 5.74) is 0.874. The predicted molar refractivity (Wildman–Crippen MR) is 123 cm³/mol. The van der Waals surface area contributed by atoms with Gasteiger partial charge in [0.1, 0.15) is 11.6 Å². The molecule has 0 bridgehead atoms. The van der Waals surface area contributed by atoms with Crippen LogP contribution in [0, 0.1) is 5.92 Å². The lowest BCUT2D eigenvalue weighted by Gasteiger charge is -2.33. The fourth-order valence-corrected chi connectivity index (χ4v) is 4.72. The molecule has 3 heterocycles. The van der Waals surface area contributed by atoms with Crippen molar-refractivity contribution in [2.45, 2.75) is 64.3 Å². The van der Waals surface area contributed by atoms with Crippen LogP contribution in [-0.2, 0) is 14.3 Å². The highest BCUT2D eigenvalue weighted by Crippen LogP contribution is 2.39. The van der Waals surface area contributed by atoms with Gasteiger partial charge in [0.05, 0.1) is 5.56 Å². The van der Waals surface area contributed by atoms with Crippen molar-refractivity contribution in [3.63, 3.8) is 0 Å². The molecule has 0 aliphatic carbocycles. The van der Waals surface area contributed by atoms with Crippen LogP contribution in [-0.4, -0.2) is 70.0 Å². The number of anilines is 1. The first-order valence-electron chi connectivity index (χ1n) is 11.7. The zero-order chi connectivity index (χ0) is 24.6. The maximum absolute atomic E-state index is 13.2. The topological polar surface area (TPSA) is 128 Å². The zero-order valence-corrected chi connectivity index (χ0v) is 19.8. The summed E-state index contributed by atoms with van der Waals surface area (Å²) >= 11 is 0. The minimum atomic E-state index is -1.25. The van der Waals surface area contributed by atoms with E-state index in [0.29, 0.717) is 42.4 Å². The standard InChI is InChI=1S/C24H32N4O6/c1-24(2,3)34-23(33)27-11-9-14(10-12-27)13-25-16-6-4-5-15-19(16)22(32)28(21(15)31)17-7-8-18(29)26-20(17)30/h4-6,14,17,21,25,31H,7-13H2,1-3H3,(H,26,29,30). The molecule has 0 aromatic heterocycles. The molecular weight excluding hydrogens is 440 g/mol. The number of hydrogen-bond donors (Lipinski definition) is 3. The molecule has 0 saturated carbocycles. The summed E-state index contributed by atoms with van der Waals surface area (Å²) in [5.74, 6) is -1.07. The number of piperidine rings is 2. The number of carbonyl (C=O) groups is 4. The molecule has 0 radical (unpaired) electrons. The van der Waals surface area contributed by atoms with Gasteiger partial charge < -0.3 is 20.1 Å². The van der Waals surface area contributed by atoms with Gasteiger partial charge in [0.2, 0.25) is 11.8 Å². The number of aliphatic hydroxyl groups excluding tert-OH is 1. The second-order valence-electron chi connectivity index (χ2n) is 10.1. The van der Waals surface area contributed by atoms with Crippen molar-refractivity contribution in [3.05, 3.63) is 29.3 Å². The number of benzene rings is 1. The van der Waals surface area contributed by atoms with Crippen LogP contribution in [0.2, 0.25) is 0 Å². The highest BCUT2D eigenvalue weighted by atomic mass is 16.6. The number of hydrogen-bond acceptors (Lipinski definition) is 7. The Bertz CT molecular complexity index is 996. The van der Waals surface area contributed by atoms with Crippen molar-refractivity contribution < 1.29 is 29.0 Å². The second kappa shape index (κ2) is 9.25. The first kappa shape index (κ1) is 24.0. The van der Waals surface area contributed by atoms with E-state index >= 15 is 0 Å². The number of nitrogens with zero attached hydrogens (tertiary/aromatic N) is 2. The lowest BCUT2D eigenvalue weighted by Crippen LogP contribution is -2.53. The number of likely N-dealkylation sites (tertiary alicyclic amines) is 1. The van der Waals surface area contributed by atoms with Crippen LogP contribution < -0.4 is 10.6 Å². The van der Waals surface area contributed by atoms with E-state index in [0.717, 1.165) is 17.7 Å². The summed E-state index contributed by atoms with van der Waals surface area (Å²) in [6.45, 7) is 7.36. The summed E-state index contributed by atoms with van der Waals surface area (Å²) in [6, 6.07) is 4.33. The van der Waals surface area contributed by atoms with Gasteiger partial charge in [0, 0.05) is 37.3 Å². The van der Waals surface area contributed by atoms with E-state index in [1.807, 2.05) is 20.8 Å². The highest BCUT2D eigenvalue weighted by molar-refractivity contribution is 6.08. The van der Waals surface area contributed by atoms with E-state index in [4.69, 9.17) is 4.74 Å². The Hall–Kier alpha value is -3.14. The van der Waals surface area contributed by atoms with Gasteiger partial charge in [0.15, 0.2) is 6.23 Å². The van der Waals surface area contributed by atoms with Crippen LogP contribution in [0.4, 0.5) is 10.5 Å². The maximum Gasteiger partial charge on any atom is 0.410 e. The van der Waals surface area contributed by atoms with E-state index in [1.165, 1.54) is 0 Å². The summed E-state index contributed by atoms with van der Waals surface area (Å²) in [4.78, 5) is 52.2. The van der Waals surface area contributed by atoms with Gasteiger partial charge in [-0.05, 0) is 52.0 Å². The quantitative estimate of drug-likeness (QED) is 0.572. The molecule has 184 valence electrons. The molecule has 10 nitrogen and oxygen atoms in total. The zero-order valence-electron chi connectivity index (χ0n) is 19.8. The van der Waals surface area contributed by atoms with Gasteiger partial charge >= 0.3 is 6.09 Å². The van der Waals surface area contributed by atoms with Crippen molar-refractivity contribution in [3.8, 4) is 0 Å². The molecule has 1 aromatic carbocycles. The van der Waals surface area contributed by atoms with Gasteiger partial charge in [-0.1, -0.05) is 12.1 Å². The number of amides is 4. The first-order valence-corrected chi connectivity index (χ1v) is 11.7. The lowest BCUT2D eigenvalue weighted by atomic mass is 9.96.